The predicted molar refractivity (Wildman–Crippen MR) is 114 cm³/mol. The summed E-state index contributed by atoms with van der Waals surface area (Å²) in [4.78, 5) is 49.9. The van der Waals surface area contributed by atoms with Crippen LogP contribution in [0.25, 0.3) is 0 Å². The number of nitrogens with one attached hydrogen (secondary N) is 2. The molecule has 0 aromatic heterocycles. The van der Waals surface area contributed by atoms with Gasteiger partial charge in [0, 0.05) is 13.1 Å². The topological polar surface area (TPSA) is 168 Å². The van der Waals surface area contributed by atoms with Crippen LogP contribution in [-0.4, -0.2) is 64.9 Å². The number of amides is 3. The van der Waals surface area contributed by atoms with Crippen LogP contribution in [0.3, 0.4) is 0 Å². The number of benzene rings is 1. The first-order valence-corrected chi connectivity index (χ1v) is 10.4. The number of nitrogens with zero attached hydrogens (tertiary/aromatic N) is 1. The second kappa shape index (κ2) is 11.4. The zero-order valence-corrected chi connectivity index (χ0v) is 17.7. The van der Waals surface area contributed by atoms with Crippen LogP contribution in [0.4, 0.5) is 0 Å². The highest BCUT2D eigenvalue weighted by Crippen LogP contribution is 2.18. The Kier molecular flexibility index (Phi) is 8.95. The zero-order valence-electron chi connectivity index (χ0n) is 17.7. The van der Waals surface area contributed by atoms with Crippen molar-refractivity contribution < 1.29 is 24.3 Å². The van der Waals surface area contributed by atoms with Gasteiger partial charge in [0.25, 0.3) is 0 Å². The Balaban J connectivity index is 1.87. The fraction of sp³-hybridized carbons (Fsp3) is 0.524. The Morgan fingerprint density at radius 1 is 1.26 bits per heavy atom. The van der Waals surface area contributed by atoms with Crippen molar-refractivity contribution in [1.29, 1.82) is 0 Å². The molecule has 0 bridgehead atoms. The van der Waals surface area contributed by atoms with Gasteiger partial charge in [-0.25, -0.2) is 4.79 Å². The number of carboxylic acid groups (broad SMARTS) is 1. The van der Waals surface area contributed by atoms with Gasteiger partial charge in [-0.15, -0.1) is 0 Å². The number of hydrogen-bond donors (Lipinski definition) is 5. The van der Waals surface area contributed by atoms with E-state index < -0.39 is 41.8 Å². The quantitative estimate of drug-likeness (QED) is 0.319. The average molecular weight is 434 g/mol. The maximum atomic E-state index is 12.6. The molecule has 10 heteroatoms. The molecule has 0 radical (unpaired) electrons. The standard InChI is InChI=1S/C21H31N5O5/c1-2-16(21(30)31)25-20(29)17-7-4-8-26(17)18(27)12-24-19(28)15(23)10-13-5-3-6-14(9-13)11-22/h3,5-6,9,15-17H,2,4,7-8,10-12,22-23H2,1H3,(H,24,28)(H,25,29)(H,30,31). The van der Waals surface area contributed by atoms with Crippen molar-refractivity contribution in [3.63, 3.8) is 0 Å². The summed E-state index contributed by atoms with van der Waals surface area (Å²) in [5.74, 6) is -2.50. The number of aliphatic carboxylic acids is 1. The van der Waals surface area contributed by atoms with Gasteiger partial charge >= 0.3 is 5.97 Å². The Hall–Kier alpha value is -2.98. The second-order valence-corrected chi connectivity index (χ2v) is 7.61. The third-order valence-electron chi connectivity index (χ3n) is 5.33. The number of hydrogen-bond acceptors (Lipinski definition) is 6. The van der Waals surface area contributed by atoms with Gasteiger partial charge in [-0.2, -0.15) is 0 Å². The largest absolute Gasteiger partial charge is 0.480 e. The van der Waals surface area contributed by atoms with E-state index in [1.807, 2.05) is 24.3 Å². The van der Waals surface area contributed by atoms with Gasteiger partial charge in [-0.1, -0.05) is 31.2 Å². The maximum Gasteiger partial charge on any atom is 0.326 e. The molecule has 2 rings (SSSR count). The van der Waals surface area contributed by atoms with Gasteiger partial charge in [-0.05, 0) is 36.8 Å². The van der Waals surface area contributed by atoms with Crippen LogP contribution < -0.4 is 22.1 Å². The molecular weight excluding hydrogens is 402 g/mol. The van der Waals surface area contributed by atoms with Gasteiger partial charge < -0.3 is 32.1 Å². The molecule has 1 fully saturated rings. The highest BCUT2D eigenvalue weighted by atomic mass is 16.4. The Morgan fingerprint density at radius 2 is 1.97 bits per heavy atom. The summed E-state index contributed by atoms with van der Waals surface area (Å²) in [5, 5.41) is 14.1. The smallest absolute Gasteiger partial charge is 0.326 e. The maximum absolute atomic E-state index is 12.6. The molecule has 0 aliphatic carbocycles. The Morgan fingerprint density at radius 3 is 2.61 bits per heavy atom. The number of carbonyl (C=O) groups excluding carboxylic acids is 3. The summed E-state index contributed by atoms with van der Waals surface area (Å²) < 4.78 is 0. The molecule has 1 aromatic carbocycles. The van der Waals surface area contributed by atoms with Gasteiger partial charge in [0.05, 0.1) is 12.6 Å². The van der Waals surface area contributed by atoms with E-state index in [-0.39, 0.29) is 13.0 Å². The van der Waals surface area contributed by atoms with Crippen molar-refractivity contribution in [2.24, 2.45) is 11.5 Å². The van der Waals surface area contributed by atoms with Crippen molar-refractivity contribution in [2.45, 2.75) is 57.3 Å². The normalized spacial score (nSPS) is 17.6. The van der Waals surface area contributed by atoms with E-state index in [1.165, 1.54) is 4.90 Å². The lowest BCUT2D eigenvalue weighted by Crippen LogP contribution is -2.53. The highest BCUT2D eigenvalue weighted by molar-refractivity contribution is 5.93. The molecule has 0 saturated carbocycles. The van der Waals surface area contributed by atoms with Crippen molar-refractivity contribution in [2.75, 3.05) is 13.1 Å². The first-order chi connectivity index (χ1) is 14.8. The van der Waals surface area contributed by atoms with Gasteiger partial charge in [0.1, 0.15) is 12.1 Å². The Labute approximate surface area is 181 Å². The van der Waals surface area contributed by atoms with Crippen molar-refractivity contribution in [3.8, 4) is 0 Å². The van der Waals surface area contributed by atoms with E-state index in [0.717, 1.165) is 11.1 Å². The fourth-order valence-corrected chi connectivity index (χ4v) is 3.57. The molecule has 170 valence electrons. The first-order valence-electron chi connectivity index (χ1n) is 10.4. The molecule has 3 unspecified atom stereocenters. The third-order valence-corrected chi connectivity index (χ3v) is 5.33. The van der Waals surface area contributed by atoms with Crippen LogP contribution in [0, 0.1) is 0 Å². The monoisotopic (exact) mass is 433 g/mol. The summed E-state index contributed by atoms with van der Waals surface area (Å²) in [5.41, 5.74) is 13.4. The molecule has 3 atom stereocenters. The van der Waals surface area contributed by atoms with Crippen LogP contribution in [0.15, 0.2) is 24.3 Å². The predicted octanol–water partition coefficient (Wildman–Crippen LogP) is -0.898. The summed E-state index contributed by atoms with van der Waals surface area (Å²) in [6.07, 6.45) is 1.61. The molecule has 1 saturated heterocycles. The van der Waals surface area contributed by atoms with E-state index in [2.05, 4.69) is 10.6 Å². The minimum atomic E-state index is -1.12. The number of nitrogens with two attached hydrogens (primary N) is 2. The zero-order chi connectivity index (χ0) is 23.0. The lowest BCUT2D eigenvalue weighted by molar-refractivity contribution is -0.144. The molecule has 1 aromatic rings. The highest BCUT2D eigenvalue weighted by Gasteiger charge is 2.35. The second-order valence-electron chi connectivity index (χ2n) is 7.61. The summed E-state index contributed by atoms with van der Waals surface area (Å²) in [6.45, 7) is 2.13. The molecule has 10 nitrogen and oxygen atoms in total. The molecule has 0 spiro atoms. The molecule has 31 heavy (non-hydrogen) atoms. The van der Waals surface area contributed by atoms with Crippen LogP contribution in [0.2, 0.25) is 0 Å². The van der Waals surface area contributed by atoms with E-state index in [0.29, 0.717) is 32.4 Å². The third kappa shape index (κ3) is 6.76. The molecule has 7 N–H and O–H groups in total. The van der Waals surface area contributed by atoms with Gasteiger partial charge in [0.2, 0.25) is 17.7 Å². The summed E-state index contributed by atoms with van der Waals surface area (Å²) >= 11 is 0. The number of carbonyl (C=O) groups is 4. The van der Waals surface area contributed by atoms with Crippen LogP contribution >= 0.6 is 0 Å². The average Bonchev–Trinajstić information content (AvgIpc) is 3.25. The fourth-order valence-electron chi connectivity index (χ4n) is 3.57. The molecule has 1 aliphatic rings. The molecule has 3 amide bonds. The summed E-state index contributed by atoms with van der Waals surface area (Å²) in [7, 11) is 0. The first kappa shape index (κ1) is 24.3. The van der Waals surface area contributed by atoms with Crippen LogP contribution in [-0.2, 0) is 32.1 Å². The van der Waals surface area contributed by atoms with Crippen molar-refractivity contribution >= 4 is 23.7 Å². The van der Waals surface area contributed by atoms with E-state index in [1.54, 1.807) is 6.92 Å². The SMILES string of the molecule is CCC(NC(=O)C1CCCN1C(=O)CNC(=O)C(N)Cc1cccc(CN)c1)C(=O)O. The van der Waals surface area contributed by atoms with Crippen molar-refractivity contribution in [1.82, 2.24) is 15.5 Å². The molecular formula is C21H31N5O5. The lowest BCUT2D eigenvalue weighted by Gasteiger charge is -2.25. The minimum Gasteiger partial charge on any atom is -0.480 e. The molecule has 1 heterocycles. The summed E-state index contributed by atoms with van der Waals surface area (Å²) in [6, 6.07) is 4.89. The number of likely N-dealkylation sites (tertiary alicyclic amines) is 1. The molecule has 1 aliphatic heterocycles. The Bertz CT molecular complexity index is 815. The number of carboxylic acids is 1. The van der Waals surface area contributed by atoms with E-state index in [9.17, 15) is 19.2 Å². The van der Waals surface area contributed by atoms with Crippen molar-refractivity contribution in [3.05, 3.63) is 35.4 Å². The van der Waals surface area contributed by atoms with E-state index >= 15 is 0 Å². The van der Waals surface area contributed by atoms with E-state index in [4.69, 9.17) is 16.6 Å². The number of rotatable bonds is 10. The van der Waals surface area contributed by atoms with Gasteiger partial charge in [0.15, 0.2) is 0 Å². The van der Waals surface area contributed by atoms with Crippen LogP contribution in [0.5, 0.6) is 0 Å². The lowest BCUT2D eigenvalue weighted by atomic mass is 10.0. The van der Waals surface area contributed by atoms with Gasteiger partial charge in [-0.3, -0.25) is 14.4 Å². The minimum absolute atomic E-state index is 0.240. The van der Waals surface area contributed by atoms with Crippen LogP contribution in [0.1, 0.15) is 37.3 Å².